The Kier molecular flexibility index (Phi) is 6.08. The van der Waals surface area contributed by atoms with Crippen molar-refractivity contribution >= 4 is 34.2 Å². The van der Waals surface area contributed by atoms with E-state index >= 15 is 0 Å². The van der Waals surface area contributed by atoms with Crippen molar-refractivity contribution in [3.05, 3.63) is 23.8 Å². The van der Waals surface area contributed by atoms with Crippen LogP contribution in [0.5, 0.6) is 11.5 Å². The predicted octanol–water partition coefficient (Wildman–Crippen LogP) is 3.28. The Morgan fingerprint density at radius 3 is 2.50 bits per heavy atom. The molecule has 1 amide bonds. The van der Waals surface area contributed by atoms with Crippen molar-refractivity contribution in [3.63, 3.8) is 0 Å². The molecule has 1 fully saturated rings. The molecule has 0 radical (unpaired) electrons. The smallest absolute Gasteiger partial charge is 0.241 e. The van der Waals surface area contributed by atoms with Crippen molar-refractivity contribution in [1.82, 2.24) is 4.90 Å². The van der Waals surface area contributed by atoms with Gasteiger partial charge in [-0.2, -0.15) is 0 Å². The van der Waals surface area contributed by atoms with E-state index in [1.165, 1.54) is 11.8 Å². The minimum atomic E-state index is -0.0631. The van der Waals surface area contributed by atoms with Crippen molar-refractivity contribution in [2.75, 3.05) is 19.8 Å². The van der Waals surface area contributed by atoms with Crippen molar-refractivity contribution < 1.29 is 14.3 Å². The highest BCUT2D eigenvalue weighted by Crippen LogP contribution is 2.30. The van der Waals surface area contributed by atoms with E-state index in [0.29, 0.717) is 24.1 Å². The molecule has 0 aromatic heterocycles. The molecule has 1 unspecified atom stereocenters. The fraction of sp³-hybridized carbons (Fsp3) is 0.500. The third-order valence-electron chi connectivity index (χ3n) is 3.34. The second-order valence-corrected chi connectivity index (χ2v) is 6.89. The number of carbonyl (C=O) groups excluding carboxylic acids is 1. The van der Waals surface area contributed by atoms with Crippen LogP contribution in [-0.2, 0) is 11.2 Å². The molecule has 1 aromatic carbocycles. The van der Waals surface area contributed by atoms with Gasteiger partial charge in [-0.3, -0.25) is 9.69 Å². The van der Waals surface area contributed by atoms with Crippen molar-refractivity contribution in [3.8, 4) is 11.5 Å². The van der Waals surface area contributed by atoms with E-state index in [9.17, 15) is 4.79 Å². The number of rotatable bonds is 7. The topological polar surface area (TPSA) is 38.8 Å². The number of nitrogens with zero attached hydrogens (tertiary/aromatic N) is 1. The first kappa shape index (κ1) is 17.1. The van der Waals surface area contributed by atoms with Gasteiger partial charge in [-0.1, -0.05) is 30.0 Å². The van der Waals surface area contributed by atoms with E-state index < -0.39 is 0 Å². The van der Waals surface area contributed by atoms with Crippen LogP contribution in [0.3, 0.4) is 0 Å². The van der Waals surface area contributed by atoms with Crippen LogP contribution in [0.15, 0.2) is 18.2 Å². The molecule has 1 aliphatic rings. The summed E-state index contributed by atoms with van der Waals surface area (Å²) in [6.45, 7) is 7.58. The van der Waals surface area contributed by atoms with Crippen LogP contribution in [-0.4, -0.2) is 40.1 Å². The molecule has 0 saturated carbocycles. The van der Waals surface area contributed by atoms with Gasteiger partial charge in [-0.05, 0) is 44.9 Å². The first-order chi connectivity index (χ1) is 10.6. The van der Waals surface area contributed by atoms with E-state index in [-0.39, 0.29) is 11.2 Å². The maximum Gasteiger partial charge on any atom is 0.241 e. The molecule has 1 aliphatic heterocycles. The second-order valence-electron chi connectivity index (χ2n) is 4.91. The van der Waals surface area contributed by atoms with Gasteiger partial charge in [0, 0.05) is 6.54 Å². The summed E-state index contributed by atoms with van der Waals surface area (Å²) >= 11 is 6.71. The zero-order valence-corrected chi connectivity index (χ0v) is 14.8. The summed E-state index contributed by atoms with van der Waals surface area (Å²) in [6.07, 6.45) is 0.742. The molecular formula is C16H21NO3S2. The van der Waals surface area contributed by atoms with E-state index in [0.717, 1.165) is 23.5 Å². The fourth-order valence-electron chi connectivity index (χ4n) is 2.27. The SMILES string of the molecule is CCOc1ccc(CCN2C(=O)C(C)SC2=S)cc1OCC. The third-order valence-corrected chi connectivity index (χ3v) is 4.83. The van der Waals surface area contributed by atoms with Gasteiger partial charge in [0.15, 0.2) is 11.5 Å². The highest BCUT2D eigenvalue weighted by Gasteiger charge is 2.33. The predicted molar refractivity (Wildman–Crippen MR) is 93.8 cm³/mol. The lowest BCUT2D eigenvalue weighted by Crippen LogP contribution is -2.32. The van der Waals surface area contributed by atoms with Crippen molar-refractivity contribution in [2.24, 2.45) is 0 Å². The Balaban J connectivity index is 2.05. The lowest BCUT2D eigenvalue weighted by Gasteiger charge is -2.16. The normalized spacial score (nSPS) is 18.0. The molecule has 4 nitrogen and oxygen atoms in total. The van der Waals surface area contributed by atoms with Crippen LogP contribution >= 0.6 is 24.0 Å². The zero-order chi connectivity index (χ0) is 16.1. The monoisotopic (exact) mass is 339 g/mol. The first-order valence-electron chi connectivity index (χ1n) is 7.47. The summed E-state index contributed by atoms with van der Waals surface area (Å²) in [4.78, 5) is 13.7. The van der Waals surface area contributed by atoms with E-state index in [1.807, 2.05) is 39.0 Å². The van der Waals surface area contributed by atoms with Crippen LogP contribution in [0.2, 0.25) is 0 Å². The summed E-state index contributed by atoms with van der Waals surface area (Å²) < 4.78 is 11.9. The quantitative estimate of drug-likeness (QED) is 0.713. The van der Waals surface area contributed by atoms with Crippen LogP contribution < -0.4 is 9.47 Å². The average molecular weight is 339 g/mol. The Bertz CT molecular complexity index is 562. The molecule has 1 saturated heterocycles. The van der Waals surface area contributed by atoms with Crippen molar-refractivity contribution in [2.45, 2.75) is 32.4 Å². The fourth-order valence-corrected chi connectivity index (χ4v) is 3.72. The molecular weight excluding hydrogens is 318 g/mol. The lowest BCUT2D eigenvalue weighted by molar-refractivity contribution is -0.125. The molecule has 0 aliphatic carbocycles. The molecule has 6 heteroatoms. The third kappa shape index (κ3) is 3.93. The highest BCUT2D eigenvalue weighted by molar-refractivity contribution is 8.24. The van der Waals surface area contributed by atoms with Gasteiger partial charge in [0.2, 0.25) is 5.91 Å². The van der Waals surface area contributed by atoms with E-state index in [2.05, 4.69) is 0 Å². The molecule has 0 N–H and O–H groups in total. The summed E-state index contributed by atoms with van der Waals surface area (Å²) in [5, 5.41) is -0.0631. The number of amides is 1. The number of carbonyl (C=O) groups is 1. The van der Waals surface area contributed by atoms with Crippen LogP contribution in [0.1, 0.15) is 26.3 Å². The molecule has 1 heterocycles. The highest BCUT2D eigenvalue weighted by atomic mass is 32.2. The molecule has 22 heavy (non-hydrogen) atoms. The number of benzene rings is 1. The Hall–Kier alpha value is -1.27. The largest absolute Gasteiger partial charge is 0.490 e. The molecule has 1 atom stereocenters. The second kappa shape index (κ2) is 7.83. The first-order valence-corrected chi connectivity index (χ1v) is 8.76. The summed E-state index contributed by atoms with van der Waals surface area (Å²) in [5.41, 5.74) is 1.10. The van der Waals surface area contributed by atoms with E-state index in [1.54, 1.807) is 4.90 Å². The van der Waals surface area contributed by atoms with Gasteiger partial charge in [-0.25, -0.2) is 0 Å². The van der Waals surface area contributed by atoms with E-state index in [4.69, 9.17) is 21.7 Å². The van der Waals surface area contributed by atoms with Crippen LogP contribution in [0, 0.1) is 0 Å². The maximum absolute atomic E-state index is 12.0. The van der Waals surface area contributed by atoms with Gasteiger partial charge in [-0.15, -0.1) is 0 Å². The molecule has 2 rings (SSSR count). The van der Waals surface area contributed by atoms with Crippen LogP contribution in [0.25, 0.3) is 0 Å². The number of ether oxygens (including phenoxy) is 2. The summed E-state index contributed by atoms with van der Waals surface area (Å²) in [7, 11) is 0. The van der Waals surface area contributed by atoms with Crippen molar-refractivity contribution in [1.29, 1.82) is 0 Å². The molecule has 1 aromatic rings. The zero-order valence-electron chi connectivity index (χ0n) is 13.1. The maximum atomic E-state index is 12.0. The lowest BCUT2D eigenvalue weighted by atomic mass is 10.1. The van der Waals surface area contributed by atoms with Gasteiger partial charge in [0.25, 0.3) is 0 Å². The Morgan fingerprint density at radius 2 is 1.91 bits per heavy atom. The van der Waals surface area contributed by atoms with Gasteiger partial charge < -0.3 is 9.47 Å². The summed E-state index contributed by atoms with van der Waals surface area (Å²) in [6, 6.07) is 5.91. The van der Waals surface area contributed by atoms with Gasteiger partial charge >= 0.3 is 0 Å². The number of hydrogen-bond acceptors (Lipinski definition) is 5. The Morgan fingerprint density at radius 1 is 1.23 bits per heavy atom. The molecule has 0 spiro atoms. The van der Waals surface area contributed by atoms with Gasteiger partial charge in [0.1, 0.15) is 4.32 Å². The minimum Gasteiger partial charge on any atom is -0.490 e. The van der Waals surface area contributed by atoms with Crippen LogP contribution in [0.4, 0.5) is 0 Å². The molecule has 120 valence electrons. The summed E-state index contributed by atoms with van der Waals surface area (Å²) in [5.74, 6) is 1.61. The number of thioether (sulfide) groups is 1. The average Bonchev–Trinajstić information content (AvgIpc) is 2.73. The van der Waals surface area contributed by atoms with Gasteiger partial charge in [0.05, 0.1) is 18.5 Å². The number of thiocarbonyl (C=S) groups is 1. The Labute approximate surface area is 141 Å². The molecule has 0 bridgehead atoms. The standard InChI is InChI=1S/C16H21NO3S2/c1-4-19-13-7-6-12(10-14(13)20-5-2)8-9-17-15(18)11(3)22-16(17)21/h6-7,10-11H,4-5,8-9H2,1-3H3. The minimum absolute atomic E-state index is 0.0631. The number of hydrogen-bond donors (Lipinski definition) is 0.